The van der Waals surface area contributed by atoms with Gasteiger partial charge in [-0.05, 0) is 19.9 Å². The Bertz CT molecular complexity index is 190. The van der Waals surface area contributed by atoms with Crippen LogP contribution in [-0.4, -0.2) is 27.8 Å². The van der Waals surface area contributed by atoms with Crippen molar-refractivity contribution >= 4 is 10.1 Å². The fourth-order valence-corrected chi connectivity index (χ4v) is 1.62. The van der Waals surface area contributed by atoms with Crippen LogP contribution < -0.4 is 5.73 Å². The van der Waals surface area contributed by atoms with Crippen LogP contribution in [0.2, 0.25) is 0 Å². The summed E-state index contributed by atoms with van der Waals surface area (Å²) in [4.78, 5) is 0. The Balaban J connectivity index is 0. The third-order valence-corrected chi connectivity index (χ3v) is 2.00. The minimum atomic E-state index is -3.26. The topological polar surface area (TPSA) is 69.4 Å². The lowest BCUT2D eigenvalue weighted by atomic mass is 10.2. The van der Waals surface area contributed by atoms with Gasteiger partial charge in [-0.2, -0.15) is 8.42 Å². The van der Waals surface area contributed by atoms with Crippen LogP contribution in [-0.2, 0) is 14.3 Å². The summed E-state index contributed by atoms with van der Waals surface area (Å²) in [6.45, 7) is 3.93. The number of rotatable bonds is 5. The Hall–Kier alpha value is -0.130. The molecule has 0 rings (SSSR count). The molecule has 82 valence electrons. The van der Waals surface area contributed by atoms with Crippen LogP contribution in [0.4, 0.5) is 0 Å². The van der Waals surface area contributed by atoms with Crippen molar-refractivity contribution in [1.82, 2.24) is 0 Å². The Morgan fingerprint density at radius 1 is 1.31 bits per heavy atom. The highest BCUT2D eigenvalue weighted by atomic mass is 32.2. The van der Waals surface area contributed by atoms with E-state index in [-0.39, 0.29) is 6.10 Å². The molecule has 5 heteroatoms. The molecule has 2 N–H and O–H groups in total. The van der Waals surface area contributed by atoms with Gasteiger partial charge in [0.05, 0.1) is 12.4 Å². The molecule has 0 heterocycles. The molecule has 0 aliphatic carbocycles. The third kappa shape index (κ3) is 11.9. The molecule has 0 aromatic carbocycles. The van der Waals surface area contributed by atoms with Gasteiger partial charge in [-0.1, -0.05) is 20.3 Å². The summed E-state index contributed by atoms with van der Waals surface area (Å²) in [6, 6.07) is 0. The molecule has 1 unspecified atom stereocenters. The van der Waals surface area contributed by atoms with Crippen LogP contribution in [0.3, 0.4) is 0 Å². The van der Waals surface area contributed by atoms with E-state index in [1.165, 1.54) is 7.05 Å². The lowest BCUT2D eigenvalue weighted by molar-refractivity contribution is 0.195. The maximum atomic E-state index is 10.7. The van der Waals surface area contributed by atoms with Crippen molar-refractivity contribution in [1.29, 1.82) is 0 Å². The van der Waals surface area contributed by atoms with Gasteiger partial charge in [-0.15, -0.1) is 0 Å². The first-order chi connectivity index (χ1) is 5.99. The molecular weight excluding hydrogens is 190 g/mol. The number of hydrogen-bond donors (Lipinski definition) is 1. The van der Waals surface area contributed by atoms with Crippen molar-refractivity contribution in [3.05, 3.63) is 0 Å². The Morgan fingerprint density at radius 2 is 1.77 bits per heavy atom. The van der Waals surface area contributed by atoms with Crippen molar-refractivity contribution in [2.24, 2.45) is 5.73 Å². The summed E-state index contributed by atoms with van der Waals surface area (Å²) in [7, 11) is -1.76. The first-order valence-corrected chi connectivity index (χ1v) is 6.27. The van der Waals surface area contributed by atoms with E-state index in [0.29, 0.717) is 0 Å². The second-order valence-corrected chi connectivity index (χ2v) is 4.22. The van der Waals surface area contributed by atoms with Gasteiger partial charge < -0.3 is 5.73 Å². The van der Waals surface area contributed by atoms with Gasteiger partial charge in [0.25, 0.3) is 10.1 Å². The second-order valence-electron chi connectivity index (χ2n) is 2.62. The summed E-state index contributed by atoms with van der Waals surface area (Å²) in [5.41, 5.74) is 4.50. The summed E-state index contributed by atoms with van der Waals surface area (Å²) in [6.07, 6.45) is 3.47. The summed E-state index contributed by atoms with van der Waals surface area (Å²) in [5.74, 6) is 0. The van der Waals surface area contributed by atoms with Crippen LogP contribution in [0.15, 0.2) is 0 Å². The van der Waals surface area contributed by atoms with Crippen LogP contribution in [0.5, 0.6) is 0 Å². The van der Waals surface area contributed by atoms with Gasteiger partial charge in [0.15, 0.2) is 0 Å². The molecule has 0 bridgehead atoms. The first kappa shape index (κ1) is 15.3. The van der Waals surface area contributed by atoms with Gasteiger partial charge >= 0.3 is 0 Å². The maximum Gasteiger partial charge on any atom is 0.264 e. The van der Waals surface area contributed by atoms with Crippen molar-refractivity contribution in [2.75, 3.05) is 13.3 Å². The van der Waals surface area contributed by atoms with Crippen molar-refractivity contribution in [2.45, 2.75) is 39.2 Å². The molecule has 0 radical (unpaired) electrons. The summed E-state index contributed by atoms with van der Waals surface area (Å²) >= 11 is 0. The molecule has 0 spiro atoms. The molecule has 0 aromatic heterocycles. The molecule has 0 saturated heterocycles. The van der Waals surface area contributed by atoms with E-state index in [9.17, 15) is 8.42 Å². The second kappa shape index (κ2) is 8.47. The Kier molecular flexibility index (Phi) is 10.00. The summed E-state index contributed by atoms with van der Waals surface area (Å²) in [5, 5.41) is 0. The quantitative estimate of drug-likeness (QED) is 0.692. The molecule has 0 fully saturated rings. The Morgan fingerprint density at radius 3 is 2.00 bits per heavy atom. The van der Waals surface area contributed by atoms with E-state index in [1.807, 2.05) is 13.8 Å². The van der Waals surface area contributed by atoms with E-state index in [0.717, 1.165) is 25.5 Å². The minimum Gasteiger partial charge on any atom is -0.333 e. The molecule has 0 amide bonds. The zero-order chi connectivity index (χ0) is 10.9. The van der Waals surface area contributed by atoms with Crippen molar-refractivity contribution < 1.29 is 12.6 Å². The minimum absolute atomic E-state index is 0.130. The normalized spacial score (nSPS) is 13.0. The van der Waals surface area contributed by atoms with Gasteiger partial charge in [0.1, 0.15) is 0 Å². The lowest BCUT2D eigenvalue weighted by Gasteiger charge is -2.11. The highest BCUT2D eigenvalue weighted by Crippen LogP contribution is 2.08. The average Bonchev–Trinajstić information content (AvgIpc) is 2.05. The average molecular weight is 211 g/mol. The standard InChI is InChI=1S/C7H16O3S.CH5N/c1-4-6-7(5-2)10-11(3,8)9;1-2/h7H,4-6H2,1-3H3;2H2,1H3. The highest BCUT2D eigenvalue weighted by molar-refractivity contribution is 7.86. The fourth-order valence-electron chi connectivity index (χ4n) is 0.889. The SMILES string of the molecule is CCCC(CC)OS(C)(=O)=O.CN. The van der Waals surface area contributed by atoms with E-state index in [4.69, 9.17) is 4.18 Å². The van der Waals surface area contributed by atoms with E-state index >= 15 is 0 Å². The molecule has 4 nitrogen and oxygen atoms in total. The van der Waals surface area contributed by atoms with E-state index in [2.05, 4.69) is 5.73 Å². The van der Waals surface area contributed by atoms with Crippen LogP contribution in [0.25, 0.3) is 0 Å². The maximum absolute atomic E-state index is 10.7. The third-order valence-electron chi connectivity index (χ3n) is 1.38. The predicted octanol–water partition coefficient (Wildman–Crippen LogP) is 1.12. The van der Waals surface area contributed by atoms with Gasteiger partial charge in [0.2, 0.25) is 0 Å². The zero-order valence-corrected chi connectivity index (χ0v) is 9.73. The van der Waals surface area contributed by atoms with Crippen LogP contribution in [0, 0.1) is 0 Å². The zero-order valence-electron chi connectivity index (χ0n) is 8.91. The van der Waals surface area contributed by atoms with Gasteiger partial charge in [-0.3, -0.25) is 4.18 Å². The lowest BCUT2D eigenvalue weighted by Crippen LogP contribution is -2.16. The van der Waals surface area contributed by atoms with Crippen LogP contribution in [0.1, 0.15) is 33.1 Å². The first-order valence-electron chi connectivity index (χ1n) is 4.45. The van der Waals surface area contributed by atoms with E-state index in [1.54, 1.807) is 0 Å². The molecule has 0 aliphatic heterocycles. The van der Waals surface area contributed by atoms with Gasteiger partial charge in [-0.25, -0.2) is 0 Å². The molecule has 13 heavy (non-hydrogen) atoms. The fraction of sp³-hybridized carbons (Fsp3) is 1.00. The van der Waals surface area contributed by atoms with Crippen molar-refractivity contribution in [3.8, 4) is 0 Å². The Labute approximate surface area is 81.6 Å². The molecule has 0 aromatic rings. The largest absolute Gasteiger partial charge is 0.333 e. The monoisotopic (exact) mass is 211 g/mol. The van der Waals surface area contributed by atoms with Crippen molar-refractivity contribution in [3.63, 3.8) is 0 Å². The van der Waals surface area contributed by atoms with Gasteiger partial charge in [0, 0.05) is 0 Å². The smallest absolute Gasteiger partial charge is 0.264 e. The number of hydrogen-bond acceptors (Lipinski definition) is 4. The van der Waals surface area contributed by atoms with Crippen LogP contribution >= 0.6 is 0 Å². The molecule has 1 atom stereocenters. The predicted molar refractivity (Wildman–Crippen MR) is 55.0 cm³/mol. The van der Waals surface area contributed by atoms with E-state index < -0.39 is 10.1 Å². The molecular formula is C8H21NO3S. The highest BCUT2D eigenvalue weighted by Gasteiger charge is 2.11. The molecule has 0 aliphatic rings. The molecule has 0 saturated carbocycles. The number of nitrogens with two attached hydrogens (primary N) is 1. The summed E-state index contributed by atoms with van der Waals surface area (Å²) < 4.78 is 26.1.